The first kappa shape index (κ1) is 21.6. The Bertz CT molecular complexity index is 1180. The van der Waals surface area contributed by atoms with Crippen LogP contribution in [0.5, 0.6) is 0 Å². The van der Waals surface area contributed by atoms with Gasteiger partial charge in [-0.1, -0.05) is 6.07 Å². The highest BCUT2D eigenvalue weighted by molar-refractivity contribution is 7.89. The van der Waals surface area contributed by atoms with Gasteiger partial charge >= 0.3 is 0 Å². The number of aryl methyl sites for hydroxylation is 1. The number of oxazole rings is 1. The van der Waals surface area contributed by atoms with E-state index >= 15 is 0 Å². The first-order chi connectivity index (χ1) is 14.2. The molecule has 30 heavy (non-hydrogen) atoms. The van der Waals surface area contributed by atoms with Crippen molar-refractivity contribution in [3.63, 3.8) is 0 Å². The maximum atomic E-state index is 13.8. The number of amides is 1. The number of halogens is 2. The van der Waals surface area contributed by atoms with Crippen molar-refractivity contribution in [3.05, 3.63) is 66.2 Å². The first-order valence-electron chi connectivity index (χ1n) is 8.89. The molecule has 0 saturated carbocycles. The van der Waals surface area contributed by atoms with Crippen molar-refractivity contribution in [1.82, 2.24) is 9.29 Å². The third-order valence-electron chi connectivity index (χ3n) is 4.21. The molecule has 0 aliphatic heterocycles. The molecular formula is C20H19F2N3O4S. The summed E-state index contributed by atoms with van der Waals surface area (Å²) in [5.41, 5.74) is 0.405. The maximum absolute atomic E-state index is 13.8. The summed E-state index contributed by atoms with van der Waals surface area (Å²) in [6.45, 7) is 0. The molecule has 0 spiro atoms. The summed E-state index contributed by atoms with van der Waals surface area (Å²) in [5, 5.41) is 2.62. The lowest BCUT2D eigenvalue weighted by Gasteiger charge is -2.12. The molecule has 158 valence electrons. The average Bonchev–Trinajstić information content (AvgIpc) is 3.15. The van der Waals surface area contributed by atoms with Crippen LogP contribution in [-0.4, -0.2) is 37.7 Å². The number of sulfonamides is 1. The van der Waals surface area contributed by atoms with Gasteiger partial charge in [0.2, 0.25) is 15.9 Å². The van der Waals surface area contributed by atoms with Crippen molar-refractivity contribution in [2.75, 3.05) is 19.4 Å². The van der Waals surface area contributed by atoms with E-state index in [1.807, 2.05) is 0 Å². The molecule has 2 aromatic carbocycles. The molecule has 0 atom stereocenters. The van der Waals surface area contributed by atoms with E-state index in [0.717, 1.165) is 16.4 Å². The van der Waals surface area contributed by atoms with Gasteiger partial charge in [-0.15, -0.1) is 0 Å². The van der Waals surface area contributed by atoms with Crippen molar-refractivity contribution in [2.45, 2.75) is 17.7 Å². The number of benzene rings is 2. The minimum absolute atomic E-state index is 0.0104. The second kappa shape index (κ2) is 8.72. The fourth-order valence-corrected chi connectivity index (χ4v) is 3.58. The molecule has 0 saturated heterocycles. The maximum Gasteiger partial charge on any atom is 0.242 e. The molecule has 1 heterocycles. The second-order valence-electron chi connectivity index (χ2n) is 6.61. The van der Waals surface area contributed by atoms with E-state index in [9.17, 15) is 22.0 Å². The molecule has 0 bridgehead atoms. The van der Waals surface area contributed by atoms with E-state index in [1.165, 1.54) is 44.6 Å². The van der Waals surface area contributed by atoms with Crippen LogP contribution in [-0.2, 0) is 21.2 Å². The average molecular weight is 435 g/mol. The summed E-state index contributed by atoms with van der Waals surface area (Å²) >= 11 is 0. The predicted molar refractivity (Wildman–Crippen MR) is 106 cm³/mol. The number of rotatable bonds is 7. The molecule has 1 N–H and O–H groups in total. The van der Waals surface area contributed by atoms with Gasteiger partial charge < -0.3 is 9.73 Å². The standard InChI is InChI=1S/C20H19F2N3O4S/c1-25(2)30(27,28)15-5-3-4-14(11-15)24-19(26)8-9-20-23-12-18(29-20)16-7-6-13(21)10-17(16)22/h3-7,10-12H,8-9H2,1-2H3,(H,24,26). The lowest BCUT2D eigenvalue weighted by molar-refractivity contribution is -0.116. The zero-order valence-corrected chi connectivity index (χ0v) is 17.0. The Kier molecular flexibility index (Phi) is 6.28. The van der Waals surface area contributed by atoms with Crippen LogP contribution in [0.2, 0.25) is 0 Å². The highest BCUT2D eigenvalue weighted by Gasteiger charge is 2.18. The number of nitrogens with one attached hydrogen (secondary N) is 1. The van der Waals surface area contributed by atoms with E-state index in [-0.39, 0.29) is 40.9 Å². The van der Waals surface area contributed by atoms with E-state index in [0.29, 0.717) is 5.69 Å². The Labute approximate surface area is 172 Å². The normalized spacial score (nSPS) is 11.6. The SMILES string of the molecule is CN(C)S(=O)(=O)c1cccc(NC(=O)CCc2ncc(-c3ccc(F)cc3F)o2)c1. The molecule has 0 aliphatic rings. The highest BCUT2D eigenvalue weighted by Crippen LogP contribution is 2.25. The van der Waals surface area contributed by atoms with Gasteiger partial charge in [-0.25, -0.2) is 26.5 Å². The Hall–Kier alpha value is -3.11. The van der Waals surface area contributed by atoms with Crippen molar-refractivity contribution in [3.8, 4) is 11.3 Å². The van der Waals surface area contributed by atoms with Gasteiger partial charge in [0.1, 0.15) is 11.6 Å². The molecule has 0 radical (unpaired) electrons. The monoisotopic (exact) mass is 435 g/mol. The quantitative estimate of drug-likeness (QED) is 0.614. The fraction of sp³-hybridized carbons (Fsp3) is 0.200. The third-order valence-corrected chi connectivity index (χ3v) is 6.02. The molecule has 3 rings (SSSR count). The topological polar surface area (TPSA) is 92.5 Å². The summed E-state index contributed by atoms with van der Waals surface area (Å²) in [6.07, 6.45) is 1.46. The van der Waals surface area contributed by atoms with Gasteiger partial charge in [-0.2, -0.15) is 0 Å². The van der Waals surface area contributed by atoms with Crippen molar-refractivity contribution < 1.29 is 26.4 Å². The minimum atomic E-state index is -3.62. The van der Waals surface area contributed by atoms with E-state index in [4.69, 9.17) is 4.42 Å². The molecule has 1 amide bonds. The molecule has 0 aliphatic carbocycles. The molecule has 0 unspecified atom stereocenters. The number of carbonyl (C=O) groups excluding carboxylic acids is 1. The van der Waals surface area contributed by atoms with Gasteiger partial charge in [0.15, 0.2) is 11.7 Å². The van der Waals surface area contributed by atoms with E-state index in [2.05, 4.69) is 10.3 Å². The van der Waals surface area contributed by atoms with Gasteiger partial charge in [0, 0.05) is 38.7 Å². The van der Waals surface area contributed by atoms with Crippen LogP contribution >= 0.6 is 0 Å². The van der Waals surface area contributed by atoms with Crippen LogP contribution < -0.4 is 5.32 Å². The van der Waals surface area contributed by atoms with Crippen molar-refractivity contribution in [1.29, 1.82) is 0 Å². The lowest BCUT2D eigenvalue weighted by Crippen LogP contribution is -2.22. The Balaban J connectivity index is 1.63. The zero-order chi connectivity index (χ0) is 21.9. The molecule has 7 nitrogen and oxygen atoms in total. The molecule has 0 fully saturated rings. The number of hydrogen-bond acceptors (Lipinski definition) is 5. The van der Waals surface area contributed by atoms with Crippen LogP contribution in [0.1, 0.15) is 12.3 Å². The molecule has 1 aromatic heterocycles. The summed E-state index contributed by atoms with van der Waals surface area (Å²) in [6, 6.07) is 9.02. The fourth-order valence-electron chi connectivity index (χ4n) is 2.63. The predicted octanol–water partition coefficient (Wildman–Crippen LogP) is 3.44. The molecule has 3 aromatic rings. The van der Waals surface area contributed by atoms with Crippen molar-refractivity contribution in [2.24, 2.45) is 0 Å². The smallest absolute Gasteiger partial charge is 0.242 e. The van der Waals surface area contributed by atoms with Crippen LogP contribution in [0.3, 0.4) is 0 Å². The van der Waals surface area contributed by atoms with E-state index < -0.39 is 21.7 Å². The number of aromatic nitrogens is 1. The number of nitrogens with zero attached hydrogens (tertiary/aromatic N) is 2. The van der Waals surface area contributed by atoms with Crippen LogP contribution in [0.15, 0.2) is 58.0 Å². The summed E-state index contributed by atoms with van der Waals surface area (Å²) in [4.78, 5) is 16.3. The van der Waals surface area contributed by atoms with Gasteiger partial charge in [-0.3, -0.25) is 4.79 Å². The second-order valence-corrected chi connectivity index (χ2v) is 8.76. The molecular weight excluding hydrogens is 416 g/mol. The summed E-state index contributed by atoms with van der Waals surface area (Å²) < 4.78 is 57.8. The molecule has 10 heteroatoms. The van der Waals surface area contributed by atoms with Gasteiger partial charge in [0.05, 0.1) is 16.7 Å². The van der Waals surface area contributed by atoms with Crippen molar-refractivity contribution >= 4 is 21.6 Å². The summed E-state index contributed by atoms with van der Waals surface area (Å²) in [5.74, 6) is -1.50. The van der Waals surface area contributed by atoms with E-state index in [1.54, 1.807) is 6.07 Å². The number of hydrogen-bond donors (Lipinski definition) is 1. The summed E-state index contributed by atoms with van der Waals surface area (Å²) in [7, 11) is -0.778. The zero-order valence-electron chi connectivity index (χ0n) is 16.2. The van der Waals surface area contributed by atoms with Gasteiger partial charge in [-0.05, 0) is 30.3 Å². The highest BCUT2D eigenvalue weighted by atomic mass is 32.2. The Morgan fingerprint density at radius 1 is 1.17 bits per heavy atom. The van der Waals surface area contributed by atoms with Crippen LogP contribution in [0.4, 0.5) is 14.5 Å². The third kappa shape index (κ3) is 4.89. The minimum Gasteiger partial charge on any atom is -0.441 e. The largest absolute Gasteiger partial charge is 0.441 e. The Morgan fingerprint density at radius 3 is 2.63 bits per heavy atom. The lowest BCUT2D eigenvalue weighted by atomic mass is 10.2. The van der Waals surface area contributed by atoms with Gasteiger partial charge in [0.25, 0.3) is 0 Å². The Morgan fingerprint density at radius 2 is 1.93 bits per heavy atom. The van der Waals surface area contributed by atoms with Crippen LogP contribution in [0, 0.1) is 11.6 Å². The van der Waals surface area contributed by atoms with Crippen LogP contribution in [0.25, 0.3) is 11.3 Å². The number of carbonyl (C=O) groups is 1. The number of anilines is 1. The first-order valence-corrected chi connectivity index (χ1v) is 10.3.